The first-order chi connectivity index (χ1) is 11.3. The van der Waals surface area contributed by atoms with Gasteiger partial charge in [0.1, 0.15) is 0 Å². The summed E-state index contributed by atoms with van der Waals surface area (Å²) < 4.78 is 0. The van der Waals surface area contributed by atoms with Gasteiger partial charge in [-0.2, -0.15) is 0 Å². The monoisotopic (exact) mass is 318 g/mol. The highest BCUT2D eigenvalue weighted by Gasteiger charge is 2.04. The predicted octanol–water partition coefficient (Wildman–Crippen LogP) is 5.93. The lowest BCUT2D eigenvalue weighted by atomic mass is 10.1. The molecule has 0 aliphatic rings. The SMILES string of the molecule is [C-]#[N+]c1cccc(CCCCc2nc(-c3ccccc3)cs2)c1. The smallest absolute Gasteiger partial charge is 0.187 e. The zero-order valence-electron chi connectivity index (χ0n) is 12.9. The molecule has 114 valence electrons. The van der Waals surface area contributed by atoms with Crippen LogP contribution in [0, 0.1) is 6.57 Å². The van der Waals surface area contributed by atoms with E-state index in [9.17, 15) is 0 Å². The van der Waals surface area contributed by atoms with Crippen molar-refractivity contribution in [1.29, 1.82) is 0 Å². The molecular weight excluding hydrogens is 300 g/mol. The first-order valence-corrected chi connectivity index (χ1v) is 8.69. The van der Waals surface area contributed by atoms with E-state index in [2.05, 4.69) is 28.4 Å². The topological polar surface area (TPSA) is 17.2 Å². The summed E-state index contributed by atoms with van der Waals surface area (Å²) in [5.41, 5.74) is 4.25. The van der Waals surface area contributed by atoms with Crippen molar-refractivity contribution in [3.63, 3.8) is 0 Å². The van der Waals surface area contributed by atoms with Gasteiger partial charge in [0.15, 0.2) is 5.69 Å². The van der Waals surface area contributed by atoms with Crippen LogP contribution in [0.4, 0.5) is 5.69 Å². The van der Waals surface area contributed by atoms with Crippen LogP contribution in [0.25, 0.3) is 16.1 Å². The Balaban J connectivity index is 1.50. The summed E-state index contributed by atoms with van der Waals surface area (Å²) in [4.78, 5) is 8.21. The van der Waals surface area contributed by atoms with Gasteiger partial charge in [0.25, 0.3) is 0 Å². The Labute approximate surface area is 141 Å². The van der Waals surface area contributed by atoms with E-state index < -0.39 is 0 Å². The molecule has 0 bridgehead atoms. The largest absolute Gasteiger partial charge is 0.241 e. The lowest BCUT2D eigenvalue weighted by Crippen LogP contribution is -1.89. The maximum atomic E-state index is 7.06. The van der Waals surface area contributed by atoms with Gasteiger partial charge >= 0.3 is 0 Å². The molecule has 0 amide bonds. The van der Waals surface area contributed by atoms with Crippen LogP contribution in [-0.2, 0) is 12.8 Å². The standard InChI is InChI=1S/C20H18N2S/c1-21-18-12-7-9-16(14-18)8-5-6-13-20-22-19(15-23-20)17-10-3-2-4-11-17/h2-4,7,9-12,14-15H,5-6,8,13H2. The molecule has 0 saturated carbocycles. The summed E-state index contributed by atoms with van der Waals surface area (Å²) in [7, 11) is 0. The Morgan fingerprint density at radius 1 is 0.957 bits per heavy atom. The minimum Gasteiger partial charge on any atom is -0.241 e. The number of hydrogen-bond donors (Lipinski definition) is 0. The predicted molar refractivity (Wildman–Crippen MR) is 96.9 cm³/mol. The fraction of sp³-hybridized carbons (Fsp3) is 0.200. The van der Waals surface area contributed by atoms with Gasteiger partial charge < -0.3 is 0 Å². The van der Waals surface area contributed by atoms with Gasteiger partial charge in [-0.25, -0.2) is 9.83 Å². The van der Waals surface area contributed by atoms with Gasteiger partial charge in [-0.1, -0.05) is 60.2 Å². The molecule has 0 atom stereocenters. The molecular formula is C20H18N2S. The quantitative estimate of drug-likeness (QED) is 0.407. The summed E-state index contributed by atoms with van der Waals surface area (Å²) in [6, 6.07) is 18.2. The van der Waals surface area contributed by atoms with Crippen LogP contribution in [0.1, 0.15) is 23.4 Å². The van der Waals surface area contributed by atoms with E-state index >= 15 is 0 Å². The third-order valence-electron chi connectivity index (χ3n) is 3.77. The van der Waals surface area contributed by atoms with Crippen molar-refractivity contribution in [2.45, 2.75) is 25.7 Å². The fourth-order valence-corrected chi connectivity index (χ4v) is 3.40. The van der Waals surface area contributed by atoms with Crippen LogP contribution in [-0.4, -0.2) is 4.98 Å². The molecule has 1 heterocycles. The highest BCUT2D eigenvalue weighted by atomic mass is 32.1. The second-order valence-electron chi connectivity index (χ2n) is 5.48. The van der Waals surface area contributed by atoms with E-state index in [4.69, 9.17) is 11.6 Å². The van der Waals surface area contributed by atoms with Crippen LogP contribution in [0.2, 0.25) is 0 Å². The van der Waals surface area contributed by atoms with Gasteiger partial charge in [0, 0.05) is 10.9 Å². The van der Waals surface area contributed by atoms with Gasteiger partial charge in [-0.05, 0) is 25.7 Å². The molecule has 0 unspecified atom stereocenters. The van der Waals surface area contributed by atoms with Gasteiger partial charge in [0.2, 0.25) is 0 Å². The lowest BCUT2D eigenvalue weighted by Gasteiger charge is -2.01. The third kappa shape index (κ3) is 4.28. The molecule has 0 spiro atoms. The van der Waals surface area contributed by atoms with Crippen molar-refractivity contribution < 1.29 is 0 Å². The lowest BCUT2D eigenvalue weighted by molar-refractivity contribution is 0.732. The van der Waals surface area contributed by atoms with E-state index in [-0.39, 0.29) is 0 Å². The molecule has 0 fully saturated rings. The van der Waals surface area contributed by atoms with E-state index in [1.807, 2.05) is 36.4 Å². The Morgan fingerprint density at radius 2 is 1.78 bits per heavy atom. The van der Waals surface area contributed by atoms with Crippen LogP contribution >= 0.6 is 11.3 Å². The first kappa shape index (κ1) is 15.5. The molecule has 0 saturated heterocycles. The number of thiazole rings is 1. The van der Waals surface area contributed by atoms with E-state index in [0.717, 1.165) is 37.1 Å². The van der Waals surface area contributed by atoms with Crippen LogP contribution in [0.3, 0.4) is 0 Å². The van der Waals surface area contributed by atoms with Crippen molar-refractivity contribution in [2.75, 3.05) is 0 Å². The van der Waals surface area contributed by atoms with Crippen LogP contribution in [0.5, 0.6) is 0 Å². The number of rotatable bonds is 6. The minimum absolute atomic E-state index is 0.731. The van der Waals surface area contributed by atoms with Gasteiger partial charge in [-0.15, -0.1) is 11.3 Å². The third-order valence-corrected chi connectivity index (χ3v) is 4.68. The van der Waals surface area contributed by atoms with Crippen molar-refractivity contribution >= 4 is 17.0 Å². The Kier molecular flexibility index (Phi) is 5.18. The Bertz CT molecular complexity index is 800. The molecule has 23 heavy (non-hydrogen) atoms. The van der Waals surface area contributed by atoms with Gasteiger partial charge in [0.05, 0.1) is 17.3 Å². The molecule has 2 nitrogen and oxygen atoms in total. The fourth-order valence-electron chi connectivity index (χ4n) is 2.55. The molecule has 3 aromatic rings. The second-order valence-corrected chi connectivity index (χ2v) is 6.42. The van der Waals surface area contributed by atoms with E-state index in [1.54, 1.807) is 11.3 Å². The maximum Gasteiger partial charge on any atom is 0.187 e. The summed E-state index contributed by atoms with van der Waals surface area (Å²) in [5, 5.41) is 3.35. The first-order valence-electron chi connectivity index (χ1n) is 7.81. The van der Waals surface area contributed by atoms with Gasteiger partial charge in [-0.3, -0.25) is 0 Å². The van der Waals surface area contributed by atoms with Crippen molar-refractivity contribution in [3.8, 4) is 11.3 Å². The average Bonchev–Trinajstić information content (AvgIpc) is 3.09. The Morgan fingerprint density at radius 3 is 2.61 bits per heavy atom. The molecule has 0 aliphatic carbocycles. The van der Waals surface area contributed by atoms with E-state index in [1.165, 1.54) is 16.1 Å². The summed E-state index contributed by atoms with van der Waals surface area (Å²) >= 11 is 1.75. The van der Waals surface area contributed by atoms with E-state index in [0.29, 0.717) is 0 Å². The number of nitrogens with zero attached hydrogens (tertiary/aromatic N) is 2. The maximum absolute atomic E-state index is 7.06. The minimum atomic E-state index is 0.731. The molecule has 3 rings (SSSR count). The normalized spacial score (nSPS) is 10.4. The number of unbranched alkanes of at least 4 members (excludes halogenated alkanes) is 1. The summed E-state index contributed by atoms with van der Waals surface area (Å²) in [6.45, 7) is 7.06. The molecule has 0 N–H and O–H groups in total. The molecule has 0 radical (unpaired) electrons. The van der Waals surface area contributed by atoms with Crippen molar-refractivity contribution in [3.05, 3.63) is 82.0 Å². The molecule has 0 aliphatic heterocycles. The highest BCUT2D eigenvalue weighted by molar-refractivity contribution is 7.09. The second kappa shape index (κ2) is 7.71. The number of benzene rings is 2. The highest BCUT2D eigenvalue weighted by Crippen LogP contribution is 2.23. The zero-order valence-corrected chi connectivity index (χ0v) is 13.7. The number of hydrogen-bond acceptors (Lipinski definition) is 2. The zero-order chi connectivity index (χ0) is 15.9. The number of aryl methyl sites for hydroxylation is 2. The average molecular weight is 318 g/mol. The molecule has 2 aromatic carbocycles. The van der Waals surface area contributed by atoms with Crippen molar-refractivity contribution in [2.24, 2.45) is 0 Å². The molecule has 1 aromatic heterocycles. The Hall–Kier alpha value is -2.44. The van der Waals surface area contributed by atoms with Crippen molar-refractivity contribution in [1.82, 2.24) is 4.98 Å². The number of aromatic nitrogens is 1. The molecule has 3 heteroatoms. The van der Waals surface area contributed by atoms with Crippen LogP contribution < -0.4 is 0 Å². The summed E-state index contributed by atoms with van der Waals surface area (Å²) in [5.74, 6) is 0. The van der Waals surface area contributed by atoms with Crippen LogP contribution in [0.15, 0.2) is 60.0 Å². The summed E-state index contributed by atoms with van der Waals surface area (Å²) in [6.07, 6.45) is 4.31.